The van der Waals surface area contributed by atoms with E-state index in [4.69, 9.17) is 0 Å². The number of H-pyrrole nitrogens is 1. The molecular weight excluding hydrogens is 398 g/mol. The number of aryl methyl sites for hydroxylation is 1. The minimum atomic E-state index is -0.148. The van der Waals surface area contributed by atoms with E-state index in [0.29, 0.717) is 24.5 Å². The Morgan fingerprint density at radius 3 is 2.67 bits per heavy atom. The predicted octanol–water partition coefficient (Wildman–Crippen LogP) is 3.37. The van der Waals surface area contributed by atoms with E-state index in [0.717, 1.165) is 34.0 Å². The molecule has 30 heavy (non-hydrogen) atoms. The average molecular weight is 424 g/mol. The molecule has 3 N–H and O–H groups in total. The lowest BCUT2D eigenvalue weighted by Crippen LogP contribution is -2.18. The maximum atomic E-state index is 12.3. The van der Waals surface area contributed by atoms with Crippen molar-refractivity contribution < 1.29 is 4.79 Å². The zero-order valence-electron chi connectivity index (χ0n) is 17.1. The van der Waals surface area contributed by atoms with Gasteiger partial charge in [-0.1, -0.05) is 24.3 Å². The van der Waals surface area contributed by atoms with E-state index in [1.54, 1.807) is 24.2 Å². The van der Waals surface area contributed by atoms with Gasteiger partial charge < -0.3 is 10.6 Å². The van der Waals surface area contributed by atoms with Gasteiger partial charge in [0.2, 0.25) is 11.9 Å². The van der Waals surface area contributed by atoms with Crippen LogP contribution >= 0.6 is 11.8 Å². The number of anilines is 2. The fourth-order valence-electron chi connectivity index (χ4n) is 2.84. The first-order valence-corrected chi connectivity index (χ1v) is 10.8. The van der Waals surface area contributed by atoms with Crippen molar-refractivity contribution in [1.29, 1.82) is 0 Å². The van der Waals surface area contributed by atoms with Crippen LogP contribution in [0.5, 0.6) is 0 Å². The first-order chi connectivity index (χ1) is 14.5. The van der Waals surface area contributed by atoms with Crippen molar-refractivity contribution in [3.63, 3.8) is 0 Å². The number of benzene rings is 1. The van der Waals surface area contributed by atoms with Gasteiger partial charge in [-0.2, -0.15) is 11.8 Å². The summed E-state index contributed by atoms with van der Waals surface area (Å²) < 4.78 is 0. The molecule has 1 amide bonds. The van der Waals surface area contributed by atoms with Gasteiger partial charge in [-0.3, -0.25) is 19.6 Å². The highest BCUT2D eigenvalue weighted by Gasteiger charge is 2.06. The zero-order valence-corrected chi connectivity index (χ0v) is 17.9. The van der Waals surface area contributed by atoms with Crippen molar-refractivity contribution in [3.8, 4) is 0 Å². The predicted molar refractivity (Wildman–Crippen MR) is 122 cm³/mol. The van der Waals surface area contributed by atoms with Crippen LogP contribution in [0.25, 0.3) is 0 Å². The first kappa shape index (κ1) is 21.6. The summed E-state index contributed by atoms with van der Waals surface area (Å²) in [6.45, 7) is 4.10. The Bertz CT molecular complexity index is 1050. The van der Waals surface area contributed by atoms with Gasteiger partial charge in [0.15, 0.2) is 0 Å². The molecule has 3 aromatic rings. The highest BCUT2D eigenvalue weighted by Crippen LogP contribution is 2.20. The third-order valence-electron chi connectivity index (χ3n) is 4.36. The molecule has 0 radical (unpaired) electrons. The van der Waals surface area contributed by atoms with Crippen molar-refractivity contribution in [2.45, 2.75) is 26.0 Å². The van der Waals surface area contributed by atoms with E-state index >= 15 is 0 Å². The fourth-order valence-corrected chi connectivity index (χ4v) is 3.70. The van der Waals surface area contributed by atoms with Crippen molar-refractivity contribution >= 4 is 29.3 Å². The fraction of sp³-hybridized carbons (Fsp3) is 0.273. The van der Waals surface area contributed by atoms with Crippen LogP contribution < -0.4 is 16.2 Å². The quantitative estimate of drug-likeness (QED) is 0.456. The molecule has 3 rings (SSSR count). The largest absolute Gasteiger partial charge is 0.355 e. The Labute approximate surface area is 179 Å². The molecule has 0 aliphatic heterocycles. The highest BCUT2D eigenvalue weighted by molar-refractivity contribution is 7.98. The molecule has 8 heteroatoms. The number of para-hydroxylation sites is 1. The second kappa shape index (κ2) is 10.6. The molecule has 156 valence electrons. The van der Waals surface area contributed by atoms with Crippen LogP contribution in [0.1, 0.15) is 29.3 Å². The van der Waals surface area contributed by atoms with Gasteiger partial charge in [0.1, 0.15) is 0 Å². The first-order valence-electron chi connectivity index (χ1n) is 9.68. The monoisotopic (exact) mass is 423 g/mol. The molecule has 0 saturated heterocycles. The van der Waals surface area contributed by atoms with Crippen LogP contribution in [-0.4, -0.2) is 33.2 Å². The zero-order chi connectivity index (χ0) is 21.3. The van der Waals surface area contributed by atoms with Crippen LogP contribution in [0.2, 0.25) is 0 Å². The van der Waals surface area contributed by atoms with Gasteiger partial charge >= 0.3 is 0 Å². The Kier molecular flexibility index (Phi) is 7.62. The molecule has 0 fully saturated rings. The topological polar surface area (TPSA) is 99.8 Å². The standard InChI is InChI=1S/C22H25N5O2S/c1-15-7-8-17(12-24-15)11-19-13-25-22(27-21(19)29)23-9-10-30-14-18-5-3-4-6-20(18)26-16(2)28/h3-8,12-13H,9-11,14H2,1-2H3,(H,26,28)(H2,23,25,27,29). The Morgan fingerprint density at radius 2 is 1.93 bits per heavy atom. The summed E-state index contributed by atoms with van der Waals surface area (Å²) in [6, 6.07) is 11.7. The van der Waals surface area contributed by atoms with Crippen LogP contribution in [0.15, 0.2) is 53.6 Å². The van der Waals surface area contributed by atoms with Crippen molar-refractivity contribution in [2.24, 2.45) is 0 Å². The molecule has 0 unspecified atom stereocenters. The number of aromatic nitrogens is 3. The summed E-state index contributed by atoms with van der Waals surface area (Å²) in [7, 11) is 0. The van der Waals surface area contributed by atoms with Gasteiger partial charge in [0, 0.05) is 60.7 Å². The maximum absolute atomic E-state index is 12.3. The molecule has 0 bridgehead atoms. The number of nitrogens with one attached hydrogen (secondary N) is 3. The van der Waals surface area contributed by atoms with Crippen molar-refractivity contribution in [3.05, 3.63) is 81.5 Å². The van der Waals surface area contributed by atoms with Gasteiger partial charge in [0.25, 0.3) is 5.56 Å². The molecule has 2 heterocycles. The van der Waals surface area contributed by atoms with Crippen molar-refractivity contribution in [1.82, 2.24) is 15.0 Å². The molecule has 1 aromatic carbocycles. The maximum Gasteiger partial charge on any atom is 0.255 e. The second-order valence-corrected chi connectivity index (χ2v) is 7.99. The minimum Gasteiger partial charge on any atom is -0.355 e. The molecule has 0 aliphatic carbocycles. The van der Waals surface area contributed by atoms with Gasteiger partial charge in [-0.25, -0.2) is 4.98 Å². The average Bonchev–Trinajstić information content (AvgIpc) is 2.72. The summed E-state index contributed by atoms with van der Waals surface area (Å²) in [4.78, 5) is 35.0. The number of aromatic amines is 1. The second-order valence-electron chi connectivity index (χ2n) is 6.89. The van der Waals surface area contributed by atoms with Gasteiger partial charge in [0.05, 0.1) is 0 Å². The number of thioether (sulfide) groups is 1. The van der Waals surface area contributed by atoms with Gasteiger partial charge in [-0.15, -0.1) is 0 Å². The van der Waals surface area contributed by atoms with E-state index in [1.165, 1.54) is 6.92 Å². The molecule has 0 spiro atoms. The van der Waals surface area contributed by atoms with Crippen LogP contribution in [0.4, 0.5) is 11.6 Å². The summed E-state index contributed by atoms with van der Waals surface area (Å²) in [6.07, 6.45) is 3.89. The highest BCUT2D eigenvalue weighted by atomic mass is 32.2. The molecule has 0 saturated carbocycles. The molecule has 2 aromatic heterocycles. The van der Waals surface area contributed by atoms with Crippen molar-refractivity contribution in [2.75, 3.05) is 22.9 Å². The lowest BCUT2D eigenvalue weighted by atomic mass is 10.1. The number of carbonyl (C=O) groups is 1. The van der Waals surface area contributed by atoms with Crippen LogP contribution in [0, 0.1) is 6.92 Å². The number of hydrogen-bond acceptors (Lipinski definition) is 6. The van der Waals surface area contributed by atoms with Crippen LogP contribution in [0.3, 0.4) is 0 Å². The Hall–Kier alpha value is -3.13. The summed E-state index contributed by atoms with van der Waals surface area (Å²) in [5, 5.41) is 6.00. The molecular formula is C22H25N5O2S. The lowest BCUT2D eigenvalue weighted by molar-refractivity contribution is -0.114. The molecule has 7 nitrogen and oxygen atoms in total. The SMILES string of the molecule is CC(=O)Nc1ccccc1CSCCNc1ncc(Cc2ccc(C)nc2)c(=O)[nH]1. The van der Waals surface area contributed by atoms with E-state index in [9.17, 15) is 9.59 Å². The number of hydrogen-bond donors (Lipinski definition) is 3. The number of amides is 1. The van der Waals surface area contributed by atoms with E-state index in [2.05, 4.69) is 25.6 Å². The number of rotatable bonds is 9. The smallest absolute Gasteiger partial charge is 0.255 e. The number of carbonyl (C=O) groups excluding carboxylic acids is 1. The van der Waals surface area contributed by atoms with E-state index < -0.39 is 0 Å². The normalized spacial score (nSPS) is 10.6. The summed E-state index contributed by atoms with van der Waals surface area (Å²) >= 11 is 1.74. The third-order valence-corrected chi connectivity index (χ3v) is 5.37. The third kappa shape index (κ3) is 6.45. The van der Waals surface area contributed by atoms with E-state index in [-0.39, 0.29) is 11.5 Å². The molecule has 0 aliphatic rings. The van der Waals surface area contributed by atoms with Crippen LogP contribution in [-0.2, 0) is 17.0 Å². The Morgan fingerprint density at radius 1 is 1.10 bits per heavy atom. The summed E-state index contributed by atoms with van der Waals surface area (Å²) in [5.74, 6) is 2.00. The number of nitrogens with zero attached hydrogens (tertiary/aromatic N) is 2. The van der Waals surface area contributed by atoms with Gasteiger partial charge in [-0.05, 0) is 30.2 Å². The molecule has 0 atom stereocenters. The lowest BCUT2D eigenvalue weighted by Gasteiger charge is -2.10. The van der Waals surface area contributed by atoms with E-state index in [1.807, 2.05) is 43.3 Å². The Balaban J connectivity index is 1.46. The number of pyridine rings is 1. The summed E-state index contributed by atoms with van der Waals surface area (Å²) in [5.41, 5.74) is 4.31. The minimum absolute atomic E-state index is 0.0776.